The first-order valence-electron chi connectivity index (χ1n) is 6.98. The van der Waals surface area contributed by atoms with Crippen LogP contribution in [-0.4, -0.2) is 42.5 Å². The van der Waals surface area contributed by atoms with Gasteiger partial charge in [-0.2, -0.15) is 0 Å². The Morgan fingerprint density at radius 1 is 1.41 bits per heavy atom. The van der Waals surface area contributed by atoms with Crippen LogP contribution >= 0.6 is 0 Å². The fraction of sp³-hybridized carbons (Fsp3) is 0.643. The molecule has 8 heteroatoms. The smallest absolute Gasteiger partial charge is 0.330 e. The highest BCUT2D eigenvalue weighted by Gasteiger charge is 2.26. The Morgan fingerprint density at radius 3 is 2.68 bits per heavy atom. The zero-order chi connectivity index (χ0) is 16.5. The van der Waals surface area contributed by atoms with Crippen molar-refractivity contribution < 1.29 is 19.0 Å². The Morgan fingerprint density at radius 2 is 2.09 bits per heavy atom. The van der Waals surface area contributed by atoms with Crippen LogP contribution in [0.2, 0.25) is 0 Å². The molecule has 0 amide bonds. The van der Waals surface area contributed by atoms with Crippen LogP contribution in [0, 0.1) is 0 Å². The van der Waals surface area contributed by atoms with E-state index in [-0.39, 0.29) is 18.7 Å². The summed E-state index contributed by atoms with van der Waals surface area (Å²) in [6, 6.07) is 1.28. The van der Waals surface area contributed by atoms with Crippen LogP contribution in [0.3, 0.4) is 0 Å². The molecule has 1 aliphatic rings. The molecule has 8 nitrogen and oxygen atoms in total. The Labute approximate surface area is 128 Å². The van der Waals surface area contributed by atoms with Gasteiger partial charge in [-0.1, -0.05) is 0 Å². The maximum Gasteiger partial charge on any atom is 0.330 e. The first-order chi connectivity index (χ1) is 10.5. The van der Waals surface area contributed by atoms with E-state index >= 15 is 0 Å². The average Bonchev–Trinajstić information content (AvgIpc) is 2.46. The van der Waals surface area contributed by atoms with Crippen LogP contribution in [0.5, 0.6) is 0 Å². The summed E-state index contributed by atoms with van der Waals surface area (Å²) in [6.45, 7) is 1.47. The van der Waals surface area contributed by atoms with Crippen molar-refractivity contribution in [2.75, 3.05) is 20.8 Å². The van der Waals surface area contributed by atoms with E-state index in [1.807, 2.05) is 0 Å². The number of carbonyl (C=O) groups is 1. The molecule has 0 saturated carbocycles. The molecule has 1 aromatic heterocycles. The number of hydrogen-bond donors (Lipinski definition) is 1. The molecule has 2 rings (SSSR count). The first-order valence-corrected chi connectivity index (χ1v) is 6.98. The highest BCUT2D eigenvalue weighted by atomic mass is 16.6. The lowest BCUT2D eigenvalue weighted by atomic mass is 10.1. The van der Waals surface area contributed by atoms with Gasteiger partial charge in [0.05, 0.1) is 6.10 Å². The maximum absolute atomic E-state index is 11.7. The summed E-state index contributed by atoms with van der Waals surface area (Å²) in [7, 11) is 3.25. The summed E-state index contributed by atoms with van der Waals surface area (Å²) in [6.07, 6.45) is 2.55. The third-order valence-electron chi connectivity index (χ3n) is 2.98. The lowest BCUT2D eigenvalue weighted by Crippen LogP contribution is -2.41. The third kappa shape index (κ3) is 5.45. The minimum Gasteiger partial charge on any atom is -0.463 e. The number of carbonyl (C=O) groups excluding carboxylic acids is 1. The molecule has 0 spiro atoms. The number of H-pyrrole nitrogens is 1. The van der Waals surface area contributed by atoms with Gasteiger partial charge < -0.3 is 19.2 Å². The zero-order valence-electron chi connectivity index (χ0n) is 13.0. The number of nitrogens with one attached hydrogen (secondary N) is 1. The van der Waals surface area contributed by atoms with E-state index in [0.717, 1.165) is 17.4 Å². The monoisotopic (exact) mass is 314 g/mol. The van der Waals surface area contributed by atoms with Crippen molar-refractivity contribution >= 4 is 5.97 Å². The van der Waals surface area contributed by atoms with E-state index in [1.54, 1.807) is 14.2 Å². The molecular formula is C14H22N2O6. The summed E-state index contributed by atoms with van der Waals surface area (Å²) in [4.78, 5) is 36.5. The fourth-order valence-electron chi connectivity index (χ4n) is 2.11. The zero-order valence-corrected chi connectivity index (χ0v) is 13.0. The number of rotatable bonds is 3. The van der Waals surface area contributed by atoms with Gasteiger partial charge in [0.1, 0.15) is 12.8 Å². The van der Waals surface area contributed by atoms with E-state index < -0.39 is 17.5 Å². The minimum absolute atomic E-state index is 0.144. The van der Waals surface area contributed by atoms with Crippen LogP contribution in [0.25, 0.3) is 0 Å². The summed E-state index contributed by atoms with van der Waals surface area (Å²) in [5.74, 6) is -0.375. The molecule has 1 aliphatic heterocycles. The number of aromatic nitrogens is 2. The SMILES string of the molecule is CC(=O)OC[C@@H]1CCC[C@H](n2c(=O)cc[nH]c2=O)O1.COC. The molecule has 124 valence electrons. The fourth-order valence-corrected chi connectivity index (χ4v) is 2.11. The molecule has 2 atom stereocenters. The van der Waals surface area contributed by atoms with Gasteiger partial charge in [-0.3, -0.25) is 9.59 Å². The lowest BCUT2D eigenvalue weighted by Gasteiger charge is -2.30. The molecule has 0 aliphatic carbocycles. The molecule has 2 heterocycles. The van der Waals surface area contributed by atoms with Gasteiger partial charge in [0, 0.05) is 33.4 Å². The molecule has 1 saturated heterocycles. The van der Waals surface area contributed by atoms with Crippen molar-refractivity contribution in [3.05, 3.63) is 33.1 Å². The molecule has 0 unspecified atom stereocenters. The molecule has 0 bridgehead atoms. The van der Waals surface area contributed by atoms with Gasteiger partial charge in [-0.05, 0) is 19.3 Å². The predicted molar refractivity (Wildman–Crippen MR) is 78.6 cm³/mol. The van der Waals surface area contributed by atoms with E-state index in [4.69, 9.17) is 9.47 Å². The standard InChI is InChI=1S/C12H16N2O5.C2H6O/c1-8(15)18-7-9-3-2-4-11(19-9)14-10(16)5-6-13-12(14)17;1-3-2/h5-6,9,11H,2-4,7H2,1H3,(H,13,17);1-2H3/t9-,11+;/m0./s1. The predicted octanol–water partition coefficient (Wildman–Crippen LogP) is 0.430. The van der Waals surface area contributed by atoms with Crippen molar-refractivity contribution in [2.45, 2.75) is 38.5 Å². The van der Waals surface area contributed by atoms with E-state index in [9.17, 15) is 14.4 Å². The maximum atomic E-state index is 11.7. The molecule has 1 N–H and O–H groups in total. The van der Waals surface area contributed by atoms with Gasteiger partial charge in [0.2, 0.25) is 0 Å². The second-order valence-electron chi connectivity index (χ2n) is 4.85. The van der Waals surface area contributed by atoms with Gasteiger partial charge in [0.25, 0.3) is 5.56 Å². The van der Waals surface area contributed by atoms with E-state index in [2.05, 4.69) is 9.72 Å². The largest absolute Gasteiger partial charge is 0.463 e. The van der Waals surface area contributed by atoms with Gasteiger partial charge in [-0.25, -0.2) is 9.36 Å². The summed E-state index contributed by atoms with van der Waals surface area (Å²) >= 11 is 0. The Kier molecular flexibility index (Phi) is 7.55. The molecule has 1 fully saturated rings. The van der Waals surface area contributed by atoms with E-state index in [0.29, 0.717) is 6.42 Å². The molecule has 0 aromatic carbocycles. The second kappa shape index (κ2) is 9.16. The van der Waals surface area contributed by atoms with Crippen LogP contribution in [0.1, 0.15) is 32.4 Å². The minimum atomic E-state index is -0.605. The molecule has 22 heavy (non-hydrogen) atoms. The number of esters is 1. The van der Waals surface area contributed by atoms with Crippen LogP contribution in [0.15, 0.2) is 21.9 Å². The van der Waals surface area contributed by atoms with Gasteiger partial charge in [0.15, 0.2) is 0 Å². The third-order valence-corrected chi connectivity index (χ3v) is 2.98. The molecular weight excluding hydrogens is 292 g/mol. The average molecular weight is 314 g/mol. The van der Waals surface area contributed by atoms with Gasteiger partial charge in [-0.15, -0.1) is 0 Å². The molecule has 1 aromatic rings. The summed E-state index contributed by atoms with van der Waals surface area (Å²) in [5.41, 5.74) is -0.896. The van der Waals surface area contributed by atoms with Crippen molar-refractivity contribution in [3.63, 3.8) is 0 Å². The Bertz CT molecular complexity index is 551. The lowest BCUT2D eigenvalue weighted by molar-refractivity contribution is -0.154. The number of ether oxygens (including phenoxy) is 3. The first kappa shape index (κ1) is 18.1. The highest BCUT2D eigenvalue weighted by Crippen LogP contribution is 2.24. The Balaban J connectivity index is 0.000000745. The topological polar surface area (TPSA) is 99.6 Å². The number of hydrogen-bond acceptors (Lipinski definition) is 6. The van der Waals surface area contributed by atoms with Gasteiger partial charge >= 0.3 is 11.7 Å². The number of nitrogens with zero attached hydrogens (tertiary/aromatic N) is 1. The van der Waals surface area contributed by atoms with Crippen LogP contribution < -0.4 is 11.2 Å². The van der Waals surface area contributed by atoms with E-state index in [1.165, 1.54) is 19.2 Å². The van der Waals surface area contributed by atoms with Crippen molar-refractivity contribution in [1.29, 1.82) is 0 Å². The summed E-state index contributed by atoms with van der Waals surface area (Å²) < 4.78 is 15.8. The van der Waals surface area contributed by atoms with Crippen molar-refractivity contribution in [3.8, 4) is 0 Å². The molecule has 0 radical (unpaired) electrons. The van der Waals surface area contributed by atoms with Crippen LogP contribution in [-0.2, 0) is 19.0 Å². The quantitative estimate of drug-likeness (QED) is 0.812. The Hall–Kier alpha value is -1.93. The number of aromatic amines is 1. The van der Waals surface area contributed by atoms with Crippen molar-refractivity contribution in [2.24, 2.45) is 0 Å². The van der Waals surface area contributed by atoms with Crippen LogP contribution in [0.4, 0.5) is 0 Å². The number of methoxy groups -OCH3 is 1. The summed E-state index contributed by atoms with van der Waals surface area (Å²) in [5, 5.41) is 0. The normalized spacial score (nSPS) is 20.7. The van der Waals surface area contributed by atoms with Crippen molar-refractivity contribution in [1.82, 2.24) is 9.55 Å². The highest BCUT2D eigenvalue weighted by molar-refractivity contribution is 5.65. The second-order valence-corrected chi connectivity index (χ2v) is 4.85.